The van der Waals surface area contributed by atoms with Crippen LogP contribution >= 0.6 is 11.6 Å². The molecule has 6 nitrogen and oxygen atoms in total. The molecule has 1 aliphatic rings. The molecule has 0 spiro atoms. The van der Waals surface area contributed by atoms with E-state index in [9.17, 15) is 4.79 Å². The van der Waals surface area contributed by atoms with Crippen molar-refractivity contribution >= 4 is 23.3 Å². The summed E-state index contributed by atoms with van der Waals surface area (Å²) < 4.78 is 10.8. The summed E-state index contributed by atoms with van der Waals surface area (Å²) >= 11 is 6.07. The molecule has 7 heteroatoms. The maximum atomic E-state index is 10.8. The molecule has 0 aliphatic carbocycles. The number of nitrogen functional groups attached to an aromatic ring is 1. The van der Waals surface area contributed by atoms with Gasteiger partial charge in [0, 0.05) is 25.7 Å². The molecule has 1 fully saturated rings. The lowest BCUT2D eigenvalue weighted by Gasteiger charge is -2.31. The van der Waals surface area contributed by atoms with Crippen molar-refractivity contribution in [3.8, 4) is 5.75 Å². The molecule has 1 aromatic rings. The summed E-state index contributed by atoms with van der Waals surface area (Å²) in [6.07, 6.45) is -0.245. The Bertz CT molecular complexity index is 484. The van der Waals surface area contributed by atoms with E-state index in [0.29, 0.717) is 36.2 Å². The second-order valence-corrected chi connectivity index (χ2v) is 5.03. The zero-order chi connectivity index (χ0) is 14.5. The van der Waals surface area contributed by atoms with Gasteiger partial charge in [-0.15, -0.1) is 0 Å². The van der Waals surface area contributed by atoms with Gasteiger partial charge in [0.2, 0.25) is 0 Å². The van der Waals surface area contributed by atoms with Crippen molar-refractivity contribution < 1.29 is 14.3 Å². The molecule has 2 rings (SSSR count). The number of benzene rings is 1. The van der Waals surface area contributed by atoms with Crippen molar-refractivity contribution in [3.63, 3.8) is 0 Å². The van der Waals surface area contributed by atoms with E-state index < -0.39 is 0 Å². The summed E-state index contributed by atoms with van der Waals surface area (Å²) in [5.74, 6) is 0.268. The molecular formula is C13H18ClN3O3. The standard InChI is InChI=1S/C13H18ClN3O3/c1-8(18)19-7-10-5-16-6-13(17-10)20-12-3-2-9(15)4-11(12)14/h2-4,10,13,16-17H,5-7,15H2,1H3/t10-,13+/m1/s1. The van der Waals surface area contributed by atoms with Crippen LogP contribution in [0.2, 0.25) is 5.02 Å². The second kappa shape index (κ2) is 6.78. The van der Waals surface area contributed by atoms with Crippen LogP contribution in [0.4, 0.5) is 5.69 Å². The first-order valence-electron chi connectivity index (χ1n) is 6.36. The van der Waals surface area contributed by atoms with Gasteiger partial charge in [0.05, 0.1) is 11.1 Å². The van der Waals surface area contributed by atoms with E-state index >= 15 is 0 Å². The fourth-order valence-electron chi connectivity index (χ4n) is 1.94. The number of esters is 1. The first-order chi connectivity index (χ1) is 9.54. The van der Waals surface area contributed by atoms with Crippen LogP contribution in [-0.2, 0) is 9.53 Å². The van der Waals surface area contributed by atoms with Crippen molar-refractivity contribution in [1.82, 2.24) is 10.6 Å². The van der Waals surface area contributed by atoms with E-state index in [1.165, 1.54) is 6.92 Å². The normalized spacial score (nSPS) is 22.3. The number of carbonyl (C=O) groups is 1. The van der Waals surface area contributed by atoms with E-state index in [1.807, 2.05) is 0 Å². The Labute approximate surface area is 122 Å². The molecule has 4 N–H and O–H groups in total. The third-order valence-electron chi connectivity index (χ3n) is 2.86. The molecule has 0 unspecified atom stereocenters. The molecule has 0 radical (unpaired) electrons. The minimum absolute atomic E-state index is 0.00482. The number of anilines is 1. The van der Waals surface area contributed by atoms with Gasteiger partial charge in [-0.1, -0.05) is 11.6 Å². The lowest BCUT2D eigenvalue weighted by atomic mass is 10.2. The van der Waals surface area contributed by atoms with Gasteiger partial charge in [-0.2, -0.15) is 0 Å². The molecule has 2 atom stereocenters. The number of ether oxygens (including phenoxy) is 2. The average Bonchev–Trinajstić information content (AvgIpc) is 2.40. The molecule has 0 bridgehead atoms. The number of hydrogen-bond acceptors (Lipinski definition) is 6. The molecule has 0 amide bonds. The van der Waals surface area contributed by atoms with Gasteiger partial charge < -0.3 is 20.5 Å². The van der Waals surface area contributed by atoms with Crippen molar-refractivity contribution in [2.75, 3.05) is 25.4 Å². The fraction of sp³-hybridized carbons (Fsp3) is 0.462. The van der Waals surface area contributed by atoms with E-state index in [2.05, 4.69) is 10.6 Å². The number of hydrogen-bond donors (Lipinski definition) is 3. The molecule has 1 aromatic carbocycles. The molecule has 1 saturated heterocycles. The van der Waals surface area contributed by atoms with Gasteiger partial charge in [0.1, 0.15) is 12.4 Å². The van der Waals surface area contributed by atoms with Gasteiger partial charge in [-0.3, -0.25) is 10.1 Å². The molecule has 0 saturated carbocycles. The highest BCUT2D eigenvalue weighted by Gasteiger charge is 2.23. The Morgan fingerprint density at radius 2 is 2.30 bits per heavy atom. The van der Waals surface area contributed by atoms with Crippen LogP contribution in [0.25, 0.3) is 0 Å². The summed E-state index contributed by atoms with van der Waals surface area (Å²) in [6, 6.07) is 5.11. The summed E-state index contributed by atoms with van der Waals surface area (Å²) in [5.41, 5.74) is 6.22. The number of piperazine rings is 1. The lowest BCUT2D eigenvalue weighted by Crippen LogP contribution is -2.58. The number of halogens is 1. The zero-order valence-electron chi connectivity index (χ0n) is 11.2. The van der Waals surface area contributed by atoms with Gasteiger partial charge in [0.15, 0.2) is 6.23 Å². The van der Waals surface area contributed by atoms with Gasteiger partial charge in [-0.05, 0) is 18.2 Å². The maximum absolute atomic E-state index is 10.8. The van der Waals surface area contributed by atoms with E-state index in [4.69, 9.17) is 26.8 Å². The Kier molecular flexibility index (Phi) is 5.05. The highest BCUT2D eigenvalue weighted by Crippen LogP contribution is 2.27. The number of nitrogens with two attached hydrogens (primary N) is 1. The molecule has 110 valence electrons. The third-order valence-corrected chi connectivity index (χ3v) is 3.15. The van der Waals surface area contributed by atoms with Crippen LogP contribution < -0.4 is 21.1 Å². The van der Waals surface area contributed by atoms with Crippen LogP contribution in [0, 0.1) is 0 Å². The van der Waals surface area contributed by atoms with Crippen LogP contribution in [0.15, 0.2) is 18.2 Å². The molecule has 20 heavy (non-hydrogen) atoms. The monoisotopic (exact) mass is 299 g/mol. The molecule has 1 heterocycles. The predicted molar refractivity (Wildman–Crippen MR) is 76.7 cm³/mol. The molecule has 1 aliphatic heterocycles. The fourth-order valence-corrected chi connectivity index (χ4v) is 2.17. The smallest absolute Gasteiger partial charge is 0.302 e. The average molecular weight is 300 g/mol. The van der Waals surface area contributed by atoms with Crippen molar-refractivity contribution in [1.29, 1.82) is 0 Å². The number of rotatable bonds is 4. The highest BCUT2D eigenvalue weighted by atomic mass is 35.5. The van der Waals surface area contributed by atoms with E-state index in [0.717, 1.165) is 0 Å². The summed E-state index contributed by atoms with van der Waals surface area (Å²) in [5, 5.41) is 6.93. The van der Waals surface area contributed by atoms with Crippen molar-refractivity contribution in [2.45, 2.75) is 19.2 Å². The van der Waals surface area contributed by atoms with E-state index in [-0.39, 0.29) is 18.2 Å². The minimum Gasteiger partial charge on any atom is -0.472 e. The van der Waals surface area contributed by atoms with Crippen LogP contribution in [0.5, 0.6) is 5.75 Å². The quantitative estimate of drug-likeness (QED) is 0.562. The Morgan fingerprint density at radius 1 is 1.50 bits per heavy atom. The predicted octanol–water partition coefficient (Wildman–Crippen LogP) is 0.752. The minimum atomic E-state index is -0.295. The van der Waals surface area contributed by atoms with Crippen molar-refractivity contribution in [3.05, 3.63) is 23.2 Å². The topological polar surface area (TPSA) is 85.6 Å². The maximum Gasteiger partial charge on any atom is 0.302 e. The van der Waals surface area contributed by atoms with Gasteiger partial charge in [0.25, 0.3) is 0 Å². The Morgan fingerprint density at radius 3 is 3.00 bits per heavy atom. The number of carbonyl (C=O) groups excluding carboxylic acids is 1. The summed E-state index contributed by atoms with van der Waals surface area (Å²) in [7, 11) is 0. The first-order valence-corrected chi connectivity index (χ1v) is 6.74. The zero-order valence-corrected chi connectivity index (χ0v) is 11.9. The largest absolute Gasteiger partial charge is 0.472 e. The van der Waals surface area contributed by atoms with Gasteiger partial charge in [-0.25, -0.2) is 0 Å². The Balaban J connectivity index is 1.90. The number of nitrogens with one attached hydrogen (secondary N) is 2. The third kappa shape index (κ3) is 4.26. The van der Waals surface area contributed by atoms with Crippen LogP contribution in [0.3, 0.4) is 0 Å². The van der Waals surface area contributed by atoms with Gasteiger partial charge >= 0.3 is 5.97 Å². The SMILES string of the molecule is CC(=O)OC[C@H]1CNC[C@H](Oc2ccc(N)cc2Cl)N1. The van der Waals surface area contributed by atoms with Crippen molar-refractivity contribution in [2.24, 2.45) is 0 Å². The summed E-state index contributed by atoms with van der Waals surface area (Å²) in [6.45, 7) is 3.04. The van der Waals surface area contributed by atoms with Crippen LogP contribution in [-0.4, -0.2) is 37.9 Å². The Hall–Kier alpha value is -1.50. The second-order valence-electron chi connectivity index (χ2n) is 4.62. The first kappa shape index (κ1) is 14.9. The highest BCUT2D eigenvalue weighted by molar-refractivity contribution is 6.32. The molecular weight excluding hydrogens is 282 g/mol. The van der Waals surface area contributed by atoms with E-state index in [1.54, 1.807) is 18.2 Å². The lowest BCUT2D eigenvalue weighted by molar-refractivity contribution is -0.142. The molecule has 0 aromatic heterocycles. The summed E-state index contributed by atoms with van der Waals surface area (Å²) in [4.78, 5) is 10.8. The van der Waals surface area contributed by atoms with Crippen LogP contribution in [0.1, 0.15) is 6.92 Å².